The van der Waals surface area contributed by atoms with Crippen LogP contribution in [0.2, 0.25) is 5.02 Å². The molecule has 0 aliphatic rings. The van der Waals surface area contributed by atoms with Crippen molar-refractivity contribution in [3.05, 3.63) is 58.9 Å². The normalized spacial score (nSPS) is 11.4. The van der Waals surface area contributed by atoms with E-state index in [0.717, 1.165) is 23.0 Å². The molecule has 0 radical (unpaired) electrons. The Morgan fingerprint density at radius 1 is 1.19 bits per heavy atom. The number of aromatic nitrogens is 4. The van der Waals surface area contributed by atoms with Gasteiger partial charge in [-0.25, -0.2) is 4.39 Å². The van der Waals surface area contributed by atoms with Gasteiger partial charge in [-0.2, -0.15) is 18.0 Å². The summed E-state index contributed by atoms with van der Waals surface area (Å²) in [4.78, 5) is 12.9. The third-order valence-electron chi connectivity index (χ3n) is 3.39. The molecule has 0 spiro atoms. The van der Waals surface area contributed by atoms with Gasteiger partial charge in [0, 0.05) is 11.3 Å². The van der Waals surface area contributed by atoms with Crippen molar-refractivity contribution in [2.45, 2.75) is 12.7 Å². The molecule has 0 saturated carbocycles. The van der Waals surface area contributed by atoms with E-state index >= 15 is 0 Å². The Kier molecular flexibility index (Phi) is 5.08. The third-order valence-corrected chi connectivity index (χ3v) is 3.68. The monoisotopic (exact) mass is 399 g/mol. The minimum Gasteiger partial charge on any atom is -0.324 e. The molecular weight excluding hydrogens is 390 g/mol. The number of anilines is 1. The van der Waals surface area contributed by atoms with Crippen molar-refractivity contribution < 1.29 is 22.4 Å². The molecule has 3 aromatic rings. The summed E-state index contributed by atoms with van der Waals surface area (Å²) >= 11 is 5.63. The maximum Gasteiger partial charge on any atom is 0.416 e. The zero-order chi connectivity index (χ0) is 19.6. The van der Waals surface area contributed by atoms with Gasteiger partial charge in [0.25, 0.3) is 0 Å². The Hall–Kier alpha value is -3.01. The number of carbonyl (C=O) groups excluding carboxylic acids is 1. The first kappa shape index (κ1) is 18.8. The van der Waals surface area contributed by atoms with Crippen molar-refractivity contribution in [3.8, 4) is 11.4 Å². The van der Waals surface area contributed by atoms with E-state index in [1.165, 1.54) is 24.3 Å². The first-order valence-electron chi connectivity index (χ1n) is 7.43. The predicted octanol–water partition coefficient (Wildman–Crippen LogP) is 3.79. The number of benzene rings is 2. The lowest BCUT2D eigenvalue weighted by Crippen LogP contribution is -2.20. The topological polar surface area (TPSA) is 72.7 Å². The lowest BCUT2D eigenvalue weighted by Gasteiger charge is -2.06. The molecule has 11 heteroatoms. The zero-order valence-corrected chi connectivity index (χ0v) is 14.1. The highest BCUT2D eigenvalue weighted by atomic mass is 35.5. The number of nitrogens with zero attached hydrogens (tertiary/aromatic N) is 4. The standard InChI is InChI=1S/C16H10ClF4N5O/c17-12-7-11(4-5-13(12)18)22-14(27)8-26-24-15(23-25-26)9-2-1-3-10(6-9)16(19,20)21/h1-7H,8H2,(H,22,27). The molecule has 0 fully saturated rings. The van der Waals surface area contributed by atoms with Crippen molar-refractivity contribution in [2.24, 2.45) is 0 Å². The largest absolute Gasteiger partial charge is 0.416 e. The summed E-state index contributed by atoms with van der Waals surface area (Å²) in [5.74, 6) is -1.23. The number of hydrogen-bond donors (Lipinski definition) is 1. The van der Waals surface area contributed by atoms with Crippen LogP contribution < -0.4 is 5.32 Å². The van der Waals surface area contributed by atoms with E-state index in [1.54, 1.807) is 0 Å². The van der Waals surface area contributed by atoms with E-state index in [1.807, 2.05) is 0 Å². The van der Waals surface area contributed by atoms with Crippen LogP contribution in [0.1, 0.15) is 5.56 Å². The van der Waals surface area contributed by atoms with Gasteiger partial charge in [-0.1, -0.05) is 23.7 Å². The maximum absolute atomic E-state index is 13.1. The molecule has 0 bridgehead atoms. The van der Waals surface area contributed by atoms with Crippen LogP contribution in [-0.2, 0) is 17.5 Å². The van der Waals surface area contributed by atoms with Gasteiger partial charge in [0.15, 0.2) is 0 Å². The number of nitrogens with one attached hydrogen (secondary N) is 1. The second-order valence-electron chi connectivity index (χ2n) is 5.40. The fraction of sp³-hybridized carbons (Fsp3) is 0.125. The molecule has 0 atom stereocenters. The molecule has 140 valence electrons. The van der Waals surface area contributed by atoms with E-state index in [2.05, 4.69) is 20.7 Å². The Balaban J connectivity index is 1.70. The van der Waals surface area contributed by atoms with Crippen molar-refractivity contribution in [3.63, 3.8) is 0 Å². The summed E-state index contributed by atoms with van der Waals surface area (Å²) in [7, 11) is 0. The molecule has 3 rings (SSSR count). The Labute approximate surface area is 154 Å². The van der Waals surface area contributed by atoms with Crippen molar-refractivity contribution in [1.29, 1.82) is 0 Å². The van der Waals surface area contributed by atoms with E-state index in [4.69, 9.17) is 11.6 Å². The van der Waals surface area contributed by atoms with Crippen molar-refractivity contribution in [2.75, 3.05) is 5.32 Å². The van der Waals surface area contributed by atoms with Crippen molar-refractivity contribution in [1.82, 2.24) is 20.2 Å². The van der Waals surface area contributed by atoms with Crippen LogP contribution >= 0.6 is 11.6 Å². The van der Waals surface area contributed by atoms with Gasteiger partial charge in [0.2, 0.25) is 11.7 Å². The smallest absolute Gasteiger partial charge is 0.324 e. The second-order valence-corrected chi connectivity index (χ2v) is 5.81. The minimum atomic E-state index is -4.50. The molecule has 1 heterocycles. The van der Waals surface area contributed by atoms with Crippen LogP contribution in [0.5, 0.6) is 0 Å². The number of hydrogen-bond acceptors (Lipinski definition) is 4. The zero-order valence-electron chi connectivity index (χ0n) is 13.3. The van der Waals surface area contributed by atoms with E-state index < -0.39 is 23.5 Å². The Bertz CT molecular complexity index is 989. The van der Waals surface area contributed by atoms with Gasteiger partial charge >= 0.3 is 6.18 Å². The predicted molar refractivity (Wildman–Crippen MR) is 88.3 cm³/mol. The third kappa shape index (κ3) is 4.59. The average molecular weight is 400 g/mol. The average Bonchev–Trinajstić information content (AvgIpc) is 3.06. The van der Waals surface area contributed by atoms with Gasteiger partial charge < -0.3 is 5.32 Å². The van der Waals surface area contributed by atoms with Crippen LogP contribution in [0, 0.1) is 5.82 Å². The summed E-state index contributed by atoms with van der Waals surface area (Å²) in [5, 5.41) is 13.5. The summed E-state index contributed by atoms with van der Waals surface area (Å²) in [6, 6.07) is 8.09. The van der Waals surface area contributed by atoms with E-state index in [9.17, 15) is 22.4 Å². The van der Waals surface area contributed by atoms with Gasteiger partial charge in [0.05, 0.1) is 10.6 Å². The first-order valence-corrected chi connectivity index (χ1v) is 7.80. The summed E-state index contributed by atoms with van der Waals surface area (Å²) < 4.78 is 51.4. The summed E-state index contributed by atoms with van der Waals surface area (Å²) in [6.45, 7) is -0.346. The summed E-state index contributed by atoms with van der Waals surface area (Å²) in [6.07, 6.45) is -4.50. The van der Waals surface area contributed by atoms with Crippen LogP contribution in [0.4, 0.5) is 23.2 Å². The maximum atomic E-state index is 13.1. The molecule has 0 aliphatic heterocycles. The molecule has 0 unspecified atom stereocenters. The Morgan fingerprint density at radius 3 is 2.67 bits per heavy atom. The highest BCUT2D eigenvalue weighted by molar-refractivity contribution is 6.31. The second kappa shape index (κ2) is 7.31. The summed E-state index contributed by atoms with van der Waals surface area (Å²) in [5.41, 5.74) is -0.464. The van der Waals surface area contributed by atoms with Crippen LogP contribution in [0.3, 0.4) is 0 Å². The van der Waals surface area contributed by atoms with Crippen molar-refractivity contribution >= 4 is 23.2 Å². The lowest BCUT2D eigenvalue weighted by atomic mass is 10.1. The highest BCUT2D eigenvalue weighted by Gasteiger charge is 2.30. The highest BCUT2D eigenvalue weighted by Crippen LogP contribution is 2.31. The molecule has 0 saturated heterocycles. The first-order chi connectivity index (χ1) is 12.7. The fourth-order valence-electron chi connectivity index (χ4n) is 2.16. The molecular formula is C16H10ClF4N5O. The molecule has 0 aliphatic carbocycles. The number of carbonyl (C=O) groups is 1. The number of tetrazole rings is 1. The number of amides is 1. The van der Waals surface area contributed by atoms with E-state index in [-0.39, 0.29) is 28.6 Å². The van der Waals surface area contributed by atoms with Gasteiger partial charge in [-0.05, 0) is 35.5 Å². The number of alkyl halides is 3. The molecule has 1 aromatic heterocycles. The van der Waals surface area contributed by atoms with Gasteiger partial charge in [-0.3, -0.25) is 4.79 Å². The van der Waals surface area contributed by atoms with Gasteiger partial charge in [0.1, 0.15) is 12.4 Å². The molecule has 2 aromatic carbocycles. The molecule has 6 nitrogen and oxygen atoms in total. The van der Waals surface area contributed by atoms with Crippen LogP contribution in [-0.4, -0.2) is 26.1 Å². The lowest BCUT2D eigenvalue weighted by molar-refractivity contribution is -0.137. The number of halogens is 5. The Morgan fingerprint density at radius 2 is 1.96 bits per heavy atom. The SMILES string of the molecule is O=C(Cn1nnc(-c2cccc(C(F)(F)F)c2)n1)Nc1ccc(F)c(Cl)c1. The molecule has 1 N–H and O–H groups in total. The van der Waals surface area contributed by atoms with Gasteiger partial charge in [-0.15, -0.1) is 10.2 Å². The van der Waals surface area contributed by atoms with Crippen LogP contribution in [0.25, 0.3) is 11.4 Å². The fourth-order valence-corrected chi connectivity index (χ4v) is 2.34. The van der Waals surface area contributed by atoms with E-state index in [0.29, 0.717) is 0 Å². The quantitative estimate of drug-likeness (QED) is 0.677. The minimum absolute atomic E-state index is 0.0567. The van der Waals surface area contributed by atoms with Crippen LogP contribution in [0.15, 0.2) is 42.5 Å². The molecule has 27 heavy (non-hydrogen) atoms. The number of rotatable bonds is 4. The molecule has 1 amide bonds.